The molecule has 2 fully saturated rings. The second kappa shape index (κ2) is 7.55. The first kappa shape index (κ1) is 19.3. The molecule has 30 heavy (non-hydrogen) atoms. The minimum atomic E-state index is -0.220. The third-order valence-corrected chi connectivity index (χ3v) is 6.73. The Balaban J connectivity index is 1.62. The van der Waals surface area contributed by atoms with E-state index in [9.17, 15) is 9.59 Å². The maximum atomic E-state index is 11.9. The molecule has 5 rings (SSSR count). The topological polar surface area (TPSA) is 84.0 Å². The van der Waals surface area contributed by atoms with Crippen LogP contribution >= 0.6 is 48.0 Å². The number of thioether (sulfide) groups is 2. The molecule has 0 saturated carbocycles. The second-order valence-electron chi connectivity index (χ2n) is 6.39. The first-order valence-electron chi connectivity index (χ1n) is 8.66. The number of benzene rings is 1. The Morgan fingerprint density at radius 3 is 1.47 bits per heavy atom. The third kappa shape index (κ3) is 3.63. The highest BCUT2D eigenvalue weighted by Crippen LogP contribution is 2.29. The molecule has 6 nitrogen and oxygen atoms in total. The predicted molar refractivity (Wildman–Crippen MR) is 130 cm³/mol. The zero-order valence-electron chi connectivity index (χ0n) is 15.0. The van der Waals surface area contributed by atoms with E-state index < -0.39 is 0 Å². The van der Waals surface area contributed by atoms with Crippen molar-refractivity contribution in [1.29, 1.82) is 0 Å². The molecule has 0 aliphatic carbocycles. The lowest BCUT2D eigenvalue weighted by molar-refractivity contribution is -0.116. The lowest BCUT2D eigenvalue weighted by Crippen LogP contribution is -2.17. The van der Waals surface area contributed by atoms with Crippen molar-refractivity contribution in [2.45, 2.75) is 0 Å². The summed E-state index contributed by atoms with van der Waals surface area (Å²) in [5, 5.41) is 7.05. The van der Waals surface area contributed by atoms with Crippen LogP contribution in [0.15, 0.2) is 46.2 Å². The van der Waals surface area contributed by atoms with Crippen molar-refractivity contribution < 1.29 is 9.59 Å². The largest absolute Gasteiger partial charge is 0.307 e. The minimum Gasteiger partial charge on any atom is -0.307 e. The Morgan fingerprint density at radius 1 is 0.700 bits per heavy atom. The number of rotatable bonds is 2. The second-order valence-corrected chi connectivity index (χ2v) is 9.82. The fraction of sp³-hybridized carbons (Fsp3) is 0. The number of hydrogen-bond donors (Lipinski definition) is 2. The van der Waals surface area contributed by atoms with E-state index in [0.717, 1.165) is 10.8 Å². The van der Waals surface area contributed by atoms with E-state index in [1.807, 2.05) is 36.4 Å². The van der Waals surface area contributed by atoms with Gasteiger partial charge in [-0.1, -0.05) is 72.2 Å². The van der Waals surface area contributed by atoms with Crippen molar-refractivity contribution in [3.8, 4) is 0 Å². The van der Waals surface area contributed by atoms with Crippen LogP contribution in [0.4, 0.5) is 0 Å². The standard InChI is InChI=1S/C20H10N4O2S4/c25-17-13(29-19(27)23-17)7-11-5-3-9-1-2-10-4-6-12(22-16(10)15(9)21-11)8-14-18(26)24-20(28)30-14/h1-8H,(H,23,25,27)(H,24,26,28)/b13-7-,14-8-. The third-order valence-electron chi connectivity index (χ3n) is 4.40. The summed E-state index contributed by atoms with van der Waals surface area (Å²) in [6.45, 7) is 0. The number of hydrogen-bond acceptors (Lipinski definition) is 8. The maximum Gasteiger partial charge on any atom is 0.263 e. The van der Waals surface area contributed by atoms with E-state index in [1.165, 1.54) is 23.5 Å². The lowest BCUT2D eigenvalue weighted by Gasteiger charge is -2.05. The van der Waals surface area contributed by atoms with Crippen molar-refractivity contribution in [2.24, 2.45) is 0 Å². The highest BCUT2D eigenvalue weighted by molar-refractivity contribution is 8.27. The van der Waals surface area contributed by atoms with Crippen molar-refractivity contribution >= 4 is 102 Å². The van der Waals surface area contributed by atoms with E-state index >= 15 is 0 Å². The average Bonchev–Trinajstić information content (AvgIpc) is 3.20. The van der Waals surface area contributed by atoms with Crippen molar-refractivity contribution in [1.82, 2.24) is 20.6 Å². The minimum absolute atomic E-state index is 0.220. The summed E-state index contributed by atoms with van der Waals surface area (Å²) in [6, 6.07) is 11.5. The summed E-state index contributed by atoms with van der Waals surface area (Å²) in [4.78, 5) is 34.4. The van der Waals surface area contributed by atoms with Crippen molar-refractivity contribution in [2.75, 3.05) is 0 Å². The summed E-state index contributed by atoms with van der Waals surface area (Å²) in [7, 11) is 0. The van der Waals surface area contributed by atoms with Crippen LogP contribution in [-0.2, 0) is 9.59 Å². The Bertz CT molecular complexity index is 1280. The van der Waals surface area contributed by atoms with Crippen LogP contribution in [0.1, 0.15) is 11.4 Å². The van der Waals surface area contributed by atoms with Crippen molar-refractivity contribution in [3.05, 3.63) is 57.6 Å². The van der Waals surface area contributed by atoms with Gasteiger partial charge < -0.3 is 10.6 Å². The van der Waals surface area contributed by atoms with Gasteiger partial charge in [0, 0.05) is 10.8 Å². The molecule has 4 heterocycles. The fourth-order valence-electron chi connectivity index (χ4n) is 3.07. The molecule has 146 valence electrons. The molecule has 2 saturated heterocycles. The molecule has 2 N–H and O–H groups in total. The molecule has 0 unspecified atom stereocenters. The van der Waals surface area contributed by atoms with E-state index in [4.69, 9.17) is 34.4 Å². The zero-order chi connectivity index (χ0) is 20.8. The van der Waals surface area contributed by atoms with Crippen LogP contribution < -0.4 is 10.6 Å². The van der Waals surface area contributed by atoms with Crippen LogP contribution in [0, 0.1) is 0 Å². The zero-order valence-corrected chi connectivity index (χ0v) is 18.2. The van der Waals surface area contributed by atoms with E-state index in [1.54, 1.807) is 12.2 Å². The average molecular weight is 467 g/mol. The van der Waals surface area contributed by atoms with Gasteiger partial charge in [-0.25, -0.2) is 9.97 Å². The van der Waals surface area contributed by atoms with Crippen LogP contribution in [0.5, 0.6) is 0 Å². The number of thiocarbonyl (C=S) groups is 2. The number of carbonyl (C=O) groups excluding carboxylic acids is 2. The molecule has 0 spiro atoms. The van der Waals surface area contributed by atoms with Crippen LogP contribution in [0.25, 0.3) is 34.0 Å². The lowest BCUT2D eigenvalue weighted by atomic mass is 10.1. The number of carbonyl (C=O) groups is 2. The summed E-state index contributed by atoms with van der Waals surface area (Å²) in [5.74, 6) is -0.441. The summed E-state index contributed by atoms with van der Waals surface area (Å²) >= 11 is 12.5. The molecule has 1 aromatic carbocycles. The van der Waals surface area contributed by atoms with E-state index in [2.05, 4.69) is 10.6 Å². The first-order valence-corrected chi connectivity index (χ1v) is 11.1. The Hall–Kier alpha value is -2.66. The SMILES string of the molecule is O=C1NC(=S)S/C1=C\c1ccc2ccc3ccc(/C=C4\SC(=S)NC4=O)nc3c2n1. The Labute approximate surface area is 189 Å². The maximum absolute atomic E-state index is 11.9. The smallest absolute Gasteiger partial charge is 0.263 e. The van der Waals surface area contributed by atoms with Gasteiger partial charge in [0.15, 0.2) is 0 Å². The number of nitrogens with one attached hydrogen (secondary N) is 2. The van der Waals surface area contributed by atoms with Crippen molar-refractivity contribution in [3.63, 3.8) is 0 Å². The normalized spacial score (nSPS) is 19.3. The summed E-state index contributed by atoms with van der Waals surface area (Å²) in [6.07, 6.45) is 3.42. The summed E-state index contributed by atoms with van der Waals surface area (Å²) in [5.41, 5.74) is 2.71. The molecular weight excluding hydrogens is 457 g/mol. The number of fused-ring (bicyclic) bond motifs is 3. The number of pyridine rings is 2. The molecule has 2 aliphatic rings. The summed E-state index contributed by atoms with van der Waals surface area (Å²) < 4.78 is 0.871. The van der Waals surface area contributed by atoms with Gasteiger partial charge in [0.05, 0.1) is 32.2 Å². The van der Waals surface area contributed by atoms with Crippen LogP contribution in [0.3, 0.4) is 0 Å². The molecule has 10 heteroatoms. The van der Waals surface area contributed by atoms with Gasteiger partial charge in [0.25, 0.3) is 11.8 Å². The highest BCUT2D eigenvalue weighted by Gasteiger charge is 2.23. The monoisotopic (exact) mass is 466 g/mol. The molecule has 0 radical (unpaired) electrons. The van der Waals surface area contributed by atoms with Gasteiger partial charge in [0.2, 0.25) is 0 Å². The van der Waals surface area contributed by atoms with Gasteiger partial charge in [0.1, 0.15) is 8.64 Å². The number of nitrogens with zero attached hydrogens (tertiary/aromatic N) is 2. The first-order chi connectivity index (χ1) is 14.5. The predicted octanol–water partition coefficient (Wildman–Crippen LogP) is 3.76. The number of amides is 2. The molecule has 2 amide bonds. The Morgan fingerprint density at radius 2 is 1.10 bits per heavy atom. The highest BCUT2D eigenvalue weighted by atomic mass is 32.2. The fourth-order valence-corrected chi connectivity index (χ4v) is 5.13. The van der Waals surface area contributed by atoms with Gasteiger partial charge in [-0.3, -0.25) is 9.59 Å². The molecule has 2 aliphatic heterocycles. The molecule has 3 aromatic rings. The van der Waals surface area contributed by atoms with Crippen LogP contribution in [0.2, 0.25) is 0 Å². The molecule has 0 atom stereocenters. The van der Waals surface area contributed by atoms with E-state index in [0.29, 0.717) is 40.9 Å². The molecule has 2 aromatic heterocycles. The van der Waals surface area contributed by atoms with Gasteiger partial charge in [-0.2, -0.15) is 0 Å². The number of aromatic nitrogens is 2. The molecular formula is C20H10N4O2S4. The van der Waals surface area contributed by atoms with Gasteiger partial charge >= 0.3 is 0 Å². The quantitative estimate of drug-likeness (QED) is 0.336. The van der Waals surface area contributed by atoms with Crippen LogP contribution in [-0.4, -0.2) is 30.4 Å². The Kier molecular flexibility index (Phi) is 4.86. The molecule has 0 bridgehead atoms. The van der Waals surface area contributed by atoms with Gasteiger partial charge in [-0.05, 0) is 24.3 Å². The van der Waals surface area contributed by atoms with Gasteiger partial charge in [-0.15, -0.1) is 0 Å². The van der Waals surface area contributed by atoms with E-state index in [-0.39, 0.29) is 11.8 Å².